The number of para-hydroxylation sites is 2. The Balaban J connectivity index is 1.69. The van der Waals surface area contributed by atoms with Gasteiger partial charge in [0.1, 0.15) is 11.6 Å². The van der Waals surface area contributed by atoms with E-state index in [2.05, 4.69) is 5.32 Å². The van der Waals surface area contributed by atoms with Crippen molar-refractivity contribution >= 4 is 29.0 Å². The second-order valence-electron chi connectivity index (χ2n) is 9.09. The van der Waals surface area contributed by atoms with Crippen LogP contribution in [0, 0.1) is 11.7 Å². The highest BCUT2D eigenvalue weighted by Gasteiger charge is 2.45. The first-order valence-electron chi connectivity index (χ1n) is 11.9. The standard InChI is InChI=1S/C29H25FN2O4/c30-21-10-6-9-19(15-21)29-28-23(16-20(17-25(28)33)18-7-2-1-3-8-18)31-22-11-4-5-12-24(22)32(29)26(34)13-14-27(35)36/h1-12,15-16,20,28-29,31H,13-14,17H2,(H,35,36). The minimum atomic E-state index is -1.09. The molecule has 1 amide bonds. The van der Waals surface area contributed by atoms with Crippen LogP contribution in [0.25, 0.3) is 0 Å². The molecule has 7 heteroatoms. The molecule has 1 aliphatic heterocycles. The van der Waals surface area contributed by atoms with E-state index in [-0.39, 0.29) is 31.0 Å². The number of anilines is 2. The smallest absolute Gasteiger partial charge is 0.303 e. The Hall–Kier alpha value is -4.26. The predicted octanol–water partition coefficient (Wildman–Crippen LogP) is 5.45. The first-order valence-corrected chi connectivity index (χ1v) is 11.9. The summed E-state index contributed by atoms with van der Waals surface area (Å²) in [6.45, 7) is 0. The van der Waals surface area contributed by atoms with Crippen LogP contribution in [0.15, 0.2) is 90.6 Å². The van der Waals surface area contributed by atoms with Gasteiger partial charge in [0.25, 0.3) is 0 Å². The van der Waals surface area contributed by atoms with Gasteiger partial charge in [0.2, 0.25) is 5.91 Å². The molecule has 1 aliphatic carbocycles. The molecule has 3 aromatic carbocycles. The molecule has 3 atom stereocenters. The van der Waals surface area contributed by atoms with Gasteiger partial charge in [-0.2, -0.15) is 0 Å². The normalized spacial score (nSPS) is 20.9. The zero-order valence-corrected chi connectivity index (χ0v) is 19.4. The van der Waals surface area contributed by atoms with Crippen LogP contribution in [-0.4, -0.2) is 22.8 Å². The Kier molecular flexibility index (Phi) is 6.38. The number of hydrogen-bond acceptors (Lipinski definition) is 4. The molecule has 36 heavy (non-hydrogen) atoms. The number of halogens is 1. The Labute approximate surface area is 208 Å². The van der Waals surface area contributed by atoms with Crippen molar-refractivity contribution in [1.29, 1.82) is 0 Å². The van der Waals surface area contributed by atoms with Gasteiger partial charge in [-0.05, 0) is 35.4 Å². The van der Waals surface area contributed by atoms with Gasteiger partial charge in [-0.3, -0.25) is 14.4 Å². The number of carbonyl (C=O) groups is 3. The summed E-state index contributed by atoms with van der Waals surface area (Å²) in [6.07, 6.45) is 1.66. The maximum atomic E-state index is 14.4. The SMILES string of the molecule is O=C(O)CCC(=O)N1c2ccccc2NC2=CC(c3ccccc3)CC(=O)C2C1c1cccc(F)c1. The molecule has 2 N–H and O–H groups in total. The van der Waals surface area contributed by atoms with Gasteiger partial charge in [-0.25, -0.2) is 4.39 Å². The summed E-state index contributed by atoms with van der Waals surface area (Å²) < 4.78 is 14.4. The van der Waals surface area contributed by atoms with Crippen LogP contribution in [0.5, 0.6) is 0 Å². The maximum absolute atomic E-state index is 14.4. The van der Waals surface area contributed by atoms with Gasteiger partial charge in [0.15, 0.2) is 0 Å². The Morgan fingerprint density at radius 3 is 2.42 bits per heavy atom. The molecule has 182 valence electrons. The Bertz CT molecular complexity index is 1350. The number of hydrogen-bond donors (Lipinski definition) is 2. The highest BCUT2D eigenvalue weighted by molar-refractivity contribution is 6.02. The first kappa shape index (κ1) is 23.5. The topological polar surface area (TPSA) is 86.7 Å². The van der Waals surface area contributed by atoms with Crippen LogP contribution in [-0.2, 0) is 14.4 Å². The van der Waals surface area contributed by atoms with E-state index >= 15 is 0 Å². The molecule has 0 saturated carbocycles. The van der Waals surface area contributed by atoms with Crippen molar-refractivity contribution in [2.24, 2.45) is 5.92 Å². The van der Waals surface area contributed by atoms with E-state index in [4.69, 9.17) is 0 Å². The van der Waals surface area contributed by atoms with Gasteiger partial charge >= 0.3 is 5.97 Å². The summed E-state index contributed by atoms with van der Waals surface area (Å²) in [6, 6.07) is 22.0. The summed E-state index contributed by atoms with van der Waals surface area (Å²) >= 11 is 0. The number of amides is 1. The van der Waals surface area contributed by atoms with Crippen molar-refractivity contribution in [3.8, 4) is 0 Å². The molecule has 5 rings (SSSR count). The molecule has 3 unspecified atom stereocenters. The van der Waals surface area contributed by atoms with Crippen molar-refractivity contribution in [2.45, 2.75) is 31.2 Å². The van der Waals surface area contributed by atoms with Crippen molar-refractivity contribution in [1.82, 2.24) is 0 Å². The van der Waals surface area contributed by atoms with Crippen molar-refractivity contribution in [3.05, 3.63) is 108 Å². The lowest BCUT2D eigenvalue weighted by atomic mass is 9.76. The zero-order valence-electron chi connectivity index (χ0n) is 19.4. The molecule has 0 bridgehead atoms. The van der Waals surface area contributed by atoms with Crippen molar-refractivity contribution in [3.63, 3.8) is 0 Å². The maximum Gasteiger partial charge on any atom is 0.303 e. The van der Waals surface area contributed by atoms with Crippen LogP contribution in [0.1, 0.15) is 42.3 Å². The molecule has 6 nitrogen and oxygen atoms in total. The van der Waals surface area contributed by atoms with Crippen LogP contribution >= 0.6 is 0 Å². The lowest BCUT2D eigenvalue weighted by molar-refractivity contribution is -0.138. The molecule has 1 heterocycles. The summed E-state index contributed by atoms with van der Waals surface area (Å²) in [5.41, 5.74) is 3.27. The summed E-state index contributed by atoms with van der Waals surface area (Å²) in [7, 11) is 0. The third kappa shape index (κ3) is 4.52. The largest absolute Gasteiger partial charge is 0.481 e. The summed E-state index contributed by atoms with van der Waals surface area (Å²) in [5, 5.41) is 12.6. The fourth-order valence-electron chi connectivity index (χ4n) is 5.18. The summed E-state index contributed by atoms with van der Waals surface area (Å²) in [5.74, 6) is -3.01. The highest BCUT2D eigenvalue weighted by Crippen LogP contribution is 2.48. The fraction of sp³-hybridized carbons (Fsp3) is 0.207. The van der Waals surface area contributed by atoms with E-state index < -0.39 is 29.7 Å². The molecule has 3 aromatic rings. The number of nitrogens with one attached hydrogen (secondary N) is 1. The number of allylic oxidation sites excluding steroid dienone is 1. The van der Waals surface area contributed by atoms with E-state index in [1.807, 2.05) is 48.5 Å². The molecule has 0 aromatic heterocycles. The van der Waals surface area contributed by atoms with Crippen LogP contribution in [0.4, 0.5) is 15.8 Å². The molecular formula is C29H25FN2O4. The predicted molar refractivity (Wildman–Crippen MR) is 134 cm³/mol. The molecule has 0 spiro atoms. The summed E-state index contributed by atoms with van der Waals surface area (Å²) in [4.78, 5) is 40.1. The Morgan fingerprint density at radius 2 is 1.67 bits per heavy atom. The van der Waals surface area contributed by atoms with E-state index in [1.54, 1.807) is 24.3 Å². The number of carboxylic acid groups (broad SMARTS) is 1. The molecule has 0 fully saturated rings. The van der Waals surface area contributed by atoms with Gasteiger partial charge < -0.3 is 15.3 Å². The second kappa shape index (κ2) is 9.77. The average molecular weight is 485 g/mol. The number of carbonyl (C=O) groups excluding carboxylic acids is 2. The van der Waals surface area contributed by atoms with Gasteiger partial charge in [0, 0.05) is 24.5 Å². The molecule has 0 radical (unpaired) electrons. The van der Waals surface area contributed by atoms with Crippen LogP contribution in [0.3, 0.4) is 0 Å². The molecule has 2 aliphatic rings. The first-order chi connectivity index (χ1) is 17.4. The average Bonchev–Trinajstić information content (AvgIpc) is 3.02. The Morgan fingerprint density at radius 1 is 0.944 bits per heavy atom. The van der Waals surface area contributed by atoms with E-state index in [1.165, 1.54) is 17.0 Å². The second-order valence-corrected chi connectivity index (χ2v) is 9.09. The minimum Gasteiger partial charge on any atom is -0.481 e. The lowest BCUT2D eigenvalue weighted by Gasteiger charge is -2.37. The van der Waals surface area contributed by atoms with Gasteiger partial charge in [0.05, 0.1) is 29.8 Å². The highest BCUT2D eigenvalue weighted by atomic mass is 19.1. The van der Waals surface area contributed by atoms with Crippen LogP contribution < -0.4 is 10.2 Å². The monoisotopic (exact) mass is 484 g/mol. The number of rotatable bonds is 5. The molecular weight excluding hydrogens is 459 g/mol. The number of Topliss-reactive ketones (excluding diaryl/α,β-unsaturated/α-hetero) is 1. The third-order valence-electron chi connectivity index (χ3n) is 6.76. The minimum absolute atomic E-state index is 0.0769. The van der Waals surface area contributed by atoms with Crippen molar-refractivity contribution < 1.29 is 23.9 Å². The molecule has 0 saturated heterocycles. The lowest BCUT2D eigenvalue weighted by Crippen LogP contribution is -2.42. The van der Waals surface area contributed by atoms with Gasteiger partial charge in [-0.1, -0.05) is 60.7 Å². The van der Waals surface area contributed by atoms with E-state index in [0.717, 1.165) is 5.56 Å². The number of fused-ring (bicyclic) bond motifs is 2. The number of benzene rings is 3. The number of carboxylic acids is 1. The van der Waals surface area contributed by atoms with E-state index in [0.29, 0.717) is 22.6 Å². The zero-order chi connectivity index (χ0) is 25.2. The number of nitrogens with zero attached hydrogens (tertiary/aromatic N) is 1. The van der Waals surface area contributed by atoms with Crippen LogP contribution in [0.2, 0.25) is 0 Å². The quantitative estimate of drug-likeness (QED) is 0.503. The fourth-order valence-corrected chi connectivity index (χ4v) is 5.18. The third-order valence-corrected chi connectivity index (χ3v) is 6.76. The number of ketones is 1. The number of aliphatic carboxylic acids is 1. The van der Waals surface area contributed by atoms with E-state index in [9.17, 15) is 23.9 Å². The van der Waals surface area contributed by atoms with Crippen molar-refractivity contribution in [2.75, 3.05) is 10.2 Å². The van der Waals surface area contributed by atoms with Gasteiger partial charge in [-0.15, -0.1) is 0 Å².